The van der Waals surface area contributed by atoms with Crippen molar-refractivity contribution in [2.75, 3.05) is 6.61 Å². The summed E-state index contributed by atoms with van der Waals surface area (Å²) >= 11 is -4.88. The van der Waals surface area contributed by atoms with E-state index in [1.165, 1.54) is 0 Å². The van der Waals surface area contributed by atoms with Crippen molar-refractivity contribution in [3.63, 3.8) is 0 Å². The van der Waals surface area contributed by atoms with Gasteiger partial charge in [0.05, 0.1) is 0 Å². The second-order valence-corrected chi connectivity index (χ2v) is 3.81. The maximum absolute atomic E-state index is 9.94. The van der Waals surface area contributed by atoms with Crippen molar-refractivity contribution in [3.05, 3.63) is 0 Å². The first-order valence-corrected chi connectivity index (χ1v) is 4.67. The van der Waals surface area contributed by atoms with Crippen LogP contribution in [0.4, 0.5) is 0 Å². The second kappa shape index (κ2) is 3.28. The topological polar surface area (TPSA) is 63.6 Å². The van der Waals surface area contributed by atoms with E-state index < -0.39 is 13.6 Å². The van der Waals surface area contributed by atoms with E-state index in [0.29, 0.717) is 0 Å². The molecule has 0 heterocycles. The van der Waals surface area contributed by atoms with E-state index >= 15 is 0 Å². The SMILES string of the molecule is CC(C)C[O][Cr](=[O])(=[O])[OH]. The first-order valence-electron chi connectivity index (χ1n) is 2.53. The summed E-state index contributed by atoms with van der Waals surface area (Å²) in [7, 11) is 0. The van der Waals surface area contributed by atoms with Crippen LogP contribution < -0.4 is 0 Å². The Labute approximate surface area is 56.2 Å². The van der Waals surface area contributed by atoms with E-state index in [9.17, 15) is 7.61 Å². The average Bonchev–Trinajstić information content (AvgIpc) is 1.59. The molecule has 0 saturated heterocycles. The van der Waals surface area contributed by atoms with Gasteiger partial charge in [-0.05, 0) is 0 Å². The Balaban J connectivity index is 3.53. The van der Waals surface area contributed by atoms with Crippen molar-refractivity contribution in [3.8, 4) is 0 Å². The van der Waals surface area contributed by atoms with Crippen LogP contribution in [0.25, 0.3) is 0 Å². The Bertz CT molecular complexity index is 157. The van der Waals surface area contributed by atoms with Gasteiger partial charge in [-0.15, -0.1) is 0 Å². The minimum absolute atomic E-state index is 0.0590. The van der Waals surface area contributed by atoms with Crippen LogP contribution in [-0.4, -0.2) is 10.8 Å². The molecule has 5 heteroatoms. The van der Waals surface area contributed by atoms with Crippen LogP contribution in [-0.2, 0) is 25.0 Å². The van der Waals surface area contributed by atoms with Gasteiger partial charge in [-0.1, -0.05) is 0 Å². The molecule has 0 radical (unpaired) electrons. The van der Waals surface area contributed by atoms with Crippen LogP contribution in [0.5, 0.6) is 0 Å². The van der Waals surface area contributed by atoms with Gasteiger partial charge in [-0.25, -0.2) is 0 Å². The third kappa shape index (κ3) is 8.05. The Hall–Kier alpha value is 0.0525. The zero-order chi connectivity index (χ0) is 7.49. The van der Waals surface area contributed by atoms with Gasteiger partial charge in [-0.2, -0.15) is 0 Å². The molecule has 56 valence electrons. The van der Waals surface area contributed by atoms with Crippen LogP contribution in [0, 0.1) is 5.92 Å². The summed E-state index contributed by atoms with van der Waals surface area (Å²) in [5.41, 5.74) is 0. The molecular weight excluding hydrogens is 164 g/mol. The molecule has 0 aromatic heterocycles. The van der Waals surface area contributed by atoms with Gasteiger partial charge in [0.25, 0.3) is 0 Å². The van der Waals surface area contributed by atoms with Gasteiger partial charge >= 0.3 is 55.5 Å². The second-order valence-electron chi connectivity index (χ2n) is 2.11. The first kappa shape index (κ1) is 9.05. The van der Waals surface area contributed by atoms with Crippen molar-refractivity contribution in [1.82, 2.24) is 0 Å². The van der Waals surface area contributed by atoms with Crippen LogP contribution in [0.15, 0.2) is 0 Å². The van der Waals surface area contributed by atoms with E-state index in [-0.39, 0.29) is 12.5 Å². The van der Waals surface area contributed by atoms with Gasteiger partial charge < -0.3 is 0 Å². The third-order valence-electron chi connectivity index (χ3n) is 0.550. The van der Waals surface area contributed by atoms with Crippen LogP contribution >= 0.6 is 0 Å². The summed E-state index contributed by atoms with van der Waals surface area (Å²) in [6, 6.07) is 0. The fraction of sp³-hybridized carbons (Fsp3) is 1.00. The molecule has 0 aliphatic rings. The minimum atomic E-state index is -4.88. The van der Waals surface area contributed by atoms with Gasteiger partial charge in [0.2, 0.25) is 0 Å². The maximum atomic E-state index is 9.94. The van der Waals surface area contributed by atoms with Crippen molar-refractivity contribution >= 4 is 0 Å². The Kier molecular flexibility index (Phi) is 3.30. The molecule has 0 bridgehead atoms. The van der Waals surface area contributed by atoms with Gasteiger partial charge in [0.15, 0.2) is 0 Å². The molecule has 0 spiro atoms. The monoisotopic (exact) mass is 174 g/mol. The molecule has 0 fully saturated rings. The Morgan fingerprint density at radius 3 is 2.11 bits per heavy atom. The zero-order valence-electron chi connectivity index (χ0n) is 5.36. The predicted octanol–water partition coefficient (Wildman–Crippen LogP) is 0.326. The molecule has 0 aliphatic heterocycles. The van der Waals surface area contributed by atoms with Crippen molar-refractivity contribution in [2.45, 2.75) is 13.8 Å². The fourth-order valence-corrected chi connectivity index (χ4v) is 0.916. The first-order chi connectivity index (χ1) is 3.92. The molecular formula is C4H10CrO4. The molecule has 0 aliphatic carbocycles. The normalized spacial score (nSPS) is 12.4. The molecule has 1 N–H and O–H groups in total. The number of rotatable bonds is 3. The molecule has 0 amide bonds. The van der Waals surface area contributed by atoms with Crippen LogP contribution in [0.1, 0.15) is 13.8 Å². The Morgan fingerprint density at radius 2 is 2.00 bits per heavy atom. The number of hydrogen-bond donors (Lipinski definition) is 1. The van der Waals surface area contributed by atoms with E-state index in [2.05, 4.69) is 3.79 Å². The molecule has 0 aromatic rings. The van der Waals surface area contributed by atoms with Gasteiger partial charge in [0, 0.05) is 0 Å². The van der Waals surface area contributed by atoms with E-state index in [1.807, 2.05) is 0 Å². The molecule has 0 saturated carbocycles. The van der Waals surface area contributed by atoms with Crippen LogP contribution in [0.3, 0.4) is 0 Å². The quantitative estimate of drug-likeness (QED) is 0.669. The Morgan fingerprint density at radius 1 is 1.56 bits per heavy atom. The van der Waals surface area contributed by atoms with E-state index in [0.717, 1.165) is 0 Å². The van der Waals surface area contributed by atoms with Crippen molar-refractivity contribution in [1.29, 1.82) is 0 Å². The van der Waals surface area contributed by atoms with Crippen molar-refractivity contribution < 1.29 is 29.2 Å². The summed E-state index contributed by atoms with van der Waals surface area (Å²) < 4.78 is 32.1. The zero-order valence-corrected chi connectivity index (χ0v) is 6.64. The molecule has 4 nitrogen and oxygen atoms in total. The summed E-state index contributed by atoms with van der Waals surface area (Å²) in [5.74, 6) is 0.122. The standard InChI is InChI=1S/C4H9O.Cr.H2O.2O/c1-4(2)3-5;;;;/h4H,3H2,1-2H3;;1H2;;/q-1;+2;;;/p-1. The van der Waals surface area contributed by atoms with Gasteiger partial charge in [-0.3, -0.25) is 0 Å². The fourth-order valence-electron chi connectivity index (χ4n) is 0.222. The van der Waals surface area contributed by atoms with Gasteiger partial charge in [0.1, 0.15) is 0 Å². The summed E-state index contributed by atoms with van der Waals surface area (Å²) in [6.45, 7) is 3.65. The summed E-state index contributed by atoms with van der Waals surface area (Å²) in [4.78, 5) is 0. The molecule has 0 atom stereocenters. The van der Waals surface area contributed by atoms with E-state index in [1.54, 1.807) is 13.8 Å². The third-order valence-corrected chi connectivity index (χ3v) is 1.23. The molecule has 0 rings (SSSR count). The van der Waals surface area contributed by atoms with E-state index in [4.69, 9.17) is 4.16 Å². The summed E-state index contributed by atoms with van der Waals surface area (Å²) in [5, 5.41) is 0. The average molecular weight is 174 g/mol. The summed E-state index contributed by atoms with van der Waals surface area (Å²) in [6.07, 6.45) is 0. The van der Waals surface area contributed by atoms with Crippen LogP contribution in [0.2, 0.25) is 0 Å². The molecule has 0 unspecified atom stereocenters. The number of hydrogen-bond acceptors (Lipinski definition) is 3. The molecule has 0 aromatic carbocycles. The molecule has 9 heavy (non-hydrogen) atoms. The van der Waals surface area contributed by atoms with Crippen molar-refractivity contribution in [2.24, 2.45) is 5.92 Å². The predicted molar refractivity (Wildman–Crippen MR) is 24.4 cm³/mol.